The van der Waals surface area contributed by atoms with Crippen LogP contribution in [0.1, 0.15) is 44.8 Å². The molecule has 1 saturated heterocycles. The summed E-state index contributed by atoms with van der Waals surface area (Å²) in [6.45, 7) is 5.25. The van der Waals surface area contributed by atoms with Gasteiger partial charge in [-0.25, -0.2) is 0 Å². The molecular weight excluding hydrogens is 324 g/mol. The zero-order chi connectivity index (χ0) is 18.1. The maximum absolute atomic E-state index is 11.2. The van der Waals surface area contributed by atoms with Crippen molar-refractivity contribution in [2.24, 2.45) is 22.7 Å². The van der Waals surface area contributed by atoms with E-state index in [-0.39, 0.29) is 23.0 Å². The second-order valence-electron chi connectivity index (χ2n) is 9.21. The quantitative estimate of drug-likeness (QED) is 0.850. The Hall–Kier alpha value is -1.58. The van der Waals surface area contributed by atoms with Crippen LogP contribution in [0.25, 0.3) is 10.8 Å². The van der Waals surface area contributed by atoms with Crippen LogP contribution in [0.5, 0.6) is 5.75 Å². The Morgan fingerprint density at radius 2 is 1.88 bits per heavy atom. The van der Waals surface area contributed by atoms with Crippen LogP contribution in [0.2, 0.25) is 0 Å². The molecule has 3 heteroatoms. The van der Waals surface area contributed by atoms with Crippen LogP contribution in [0.4, 0.5) is 0 Å². The van der Waals surface area contributed by atoms with Crippen LogP contribution in [-0.2, 0) is 4.74 Å². The zero-order valence-electron chi connectivity index (χ0n) is 15.9. The van der Waals surface area contributed by atoms with Gasteiger partial charge >= 0.3 is 0 Å². The largest absolute Gasteiger partial charge is 0.497 e. The predicted octanol–water partition coefficient (Wildman–Crippen LogP) is 4.72. The lowest BCUT2D eigenvalue weighted by Gasteiger charge is -2.51. The van der Waals surface area contributed by atoms with E-state index in [1.807, 2.05) is 6.07 Å². The maximum atomic E-state index is 11.2. The summed E-state index contributed by atoms with van der Waals surface area (Å²) in [5, 5.41) is 13.6. The van der Waals surface area contributed by atoms with E-state index in [0.29, 0.717) is 11.8 Å². The van der Waals surface area contributed by atoms with E-state index >= 15 is 0 Å². The van der Waals surface area contributed by atoms with Crippen molar-refractivity contribution in [2.75, 3.05) is 13.7 Å². The standard InChI is InChI=1S/C23H28O3/c1-22(2)17-12-19-20(26-9-8-23(19,13-17)21(22)24)16-5-4-15-11-18(25-3)7-6-14(15)10-16/h4-7,10-11,17,19-21,24H,8-9,12-13H2,1-3H3/t17-,19-,20-,21-,23-/m1/s1. The molecule has 26 heavy (non-hydrogen) atoms. The molecule has 2 saturated carbocycles. The average Bonchev–Trinajstić information content (AvgIpc) is 3.14. The van der Waals surface area contributed by atoms with Gasteiger partial charge in [-0.2, -0.15) is 0 Å². The van der Waals surface area contributed by atoms with Gasteiger partial charge in [0.15, 0.2) is 0 Å². The summed E-state index contributed by atoms with van der Waals surface area (Å²) in [6.07, 6.45) is 3.23. The Balaban J connectivity index is 1.52. The van der Waals surface area contributed by atoms with Gasteiger partial charge in [-0.1, -0.05) is 32.0 Å². The summed E-state index contributed by atoms with van der Waals surface area (Å²) in [5.41, 5.74) is 1.34. The Morgan fingerprint density at radius 3 is 2.65 bits per heavy atom. The van der Waals surface area contributed by atoms with Gasteiger partial charge in [0.05, 0.1) is 19.3 Å². The molecule has 0 aromatic heterocycles. The zero-order valence-corrected chi connectivity index (χ0v) is 15.9. The fourth-order valence-corrected chi connectivity index (χ4v) is 6.30. The highest BCUT2D eigenvalue weighted by Gasteiger charge is 2.67. The van der Waals surface area contributed by atoms with Crippen LogP contribution in [0, 0.1) is 22.7 Å². The molecule has 1 heterocycles. The maximum Gasteiger partial charge on any atom is 0.119 e. The molecule has 3 fully saturated rings. The molecule has 1 aliphatic heterocycles. The highest BCUT2D eigenvalue weighted by Crippen LogP contribution is 2.70. The number of methoxy groups -OCH3 is 1. The molecule has 2 aliphatic carbocycles. The summed E-state index contributed by atoms with van der Waals surface area (Å²) in [5.74, 6) is 1.92. The third-order valence-electron chi connectivity index (χ3n) is 7.84. The van der Waals surface area contributed by atoms with E-state index in [1.54, 1.807) is 7.11 Å². The predicted molar refractivity (Wildman–Crippen MR) is 102 cm³/mol. The Kier molecular flexibility index (Phi) is 3.48. The normalized spacial score (nSPS) is 37.7. The summed E-state index contributed by atoms with van der Waals surface area (Å²) < 4.78 is 11.6. The lowest BCUT2D eigenvalue weighted by atomic mass is 9.60. The van der Waals surface area contributed by atoms with Crippen molar-refractivity contribution >= 4 is 10.8 Å². The molecule has 0 radical (unpaired) electrons. The van der Waals surface area contributed by atoms with Crippen molar-refractivity contribution in [1.82, 2.24) is 0 Å². The van der Waals surface area contributed by atoms with E-state index in [2.05, 4.69) is 44.2 Å². The Labute approximate surface area is 155 Å². The number of hydrogen-bond donors (Lipinski definition) is 1. The molecule has 3 aliphatic rings. The first kappa shape index (κ1) is 16.6. The monoisotopic (exact) mass is 352 g/mol. The summed E-state index contributed by atoms with van der Waals surface area (Å²) >= 11 is 0. The molecule has 0 unspecified atom stereocenters. The molecule has 2 aromatic rings. The smallest absolute Gasteiger partial charge is 0.119 e. The minimum absolute atomic E-state index is 0.0400. The molecule has 138 valence electrons. The first-order valence-electron chi connectivity index (χ1n) is 9.83. The molecular formula is C23H28O3. The van der Waals surface area contributed by atoms with Crippen LogP contribution in [-0.4, -0.2) is 24.9 Å². The minimum Gasteiger partial charge on any atom is -0.497 e. The molecule has 0 amide bonds. The van der Waals surface area contributed by atoms with Crippen molar-refractivity contribution in [2.45, 2.75) is 45.3 Å². The molecule has 1 N–H and O–H groups in total. The van der Waals surface area contributed by atoms with Gasteiger partial charge in [0.1, 0.15) is 5.75 Å². The highest BCUT2D eigenvalue weighted by molar-refractivity contribution is 5.84. The van der Waals surface area contributed by atoms with Crippen LogP contribution in [0.15, 0.2) is 36.4 Å². The molecule has 5 atom stereocenters. The van der Waals surface area contributed by atoms with Gasteiger partial charge in [0.25, 0.3) is 0 Å². The van der Waals surface area contributed by atoms with E-state index in [4.69, 9.17) is 9.47 Å². The minimum atomic E-state index is -0.213. The summed E-state index contributed by atoms with van der Waals surface area (Å²) in [4.78, 5) is 0. The molecule has 1 spiro atoms. The summed E-state index contributed by atoms with van der Waals surface area (Å²) in [7, 11) is 1.70. The molecule has 3 nitrogen and oxygen atoms in total. The summed E-state index contributed by atoms with van der Waals surface area (Å²) in [6, 6.07) is 12.8. The van der Waals surface area contributed by atoms with E-state index in [0.717, 1.165) is 25.2 Å². The van der Waals surface area contributed by atoms with Gasteiger partial charge in [-0.05, 0) is 71.0 Å². The number of benzene rings is 2. The lowest BCUT2D eigenvalue weighted by Crippen LogP contribution is -2.51. The molecule has 2 aromatic carbocycles. The number of fused-ring (bicyclic) bond motifs is 2. The first-order valence-corrected chi connectivity index (χ1v) is 9.83. The van der Waals surface area contributed by atoms with Crippen LogP contribution in [0.3, 0.4) is 0 Å². The molecule has 5 rings (SSSR count). The Bertz CT molecular complexity index is 858. The van der Waals surface area contributed by atoms with E-state index in [9.17, 15) is 5.11 Å². The first-order chi connectivity index (χ1) is 12.5. The van der Waals surface area contributed by atoms with Crippen molar-refractivity contribution in [3.05, 3.63) is 42.0 Å². The third kappa shape index (κ3) is 2.07. The van der Waals surface area contributed by atoms with Gasteiger partial charge in [0.2, 0.25) is 0 Å². The average molecular weight is 352 g/mol. The van der Waals surface area contributed by atoms with Gasteiger partial charge in [0, 0.05) is 12.0 Å². The SMILES string of the molecule is COc1ccc2cc([C@H]3OCC[C@@]45C[C@@H](C[C@H]34)C(C)(C)[C@H]5O)ccc2c1. The fraction of sp³-hybridized carbons (Fsp3) is 0.565. The van der Waals surface area contributed by atoms with Gasteiger partial charge in [-0.3, -0.25) is 0 Å². The van der Waals surface area contributed by atoms with Gasteiger partial charge < -0.3 is 14.6 Å². The van der Waals surface area contributed by atoms with Crippen molar-refractivity contribution in [3.63, 3.8) is 0 Å². The topological polar surface area (TPSA) is 38.7 Å². The van der Waals surface area contributed by atoms with E-state index < -0.39 is 0 Å². The van der Waals surface area contributed by atoms with E-state index in [1.165, 1.54) is 22.8 Å². The second-order valence-corrected chi connectivity index (χ2v) is 9.21. The van der Waals surface area contributed by atoms with Crippen molar-refractivity contribution < 1.29 is 14.6 Å². The number of aliphatic hydroxyl groups excluding tert-OH is 1. The molecule has 2 bridgehead atoms. The highest BCUT2D eigenvalue weighted by atomic mass is 16.5. The van der Waals surface area contributed by atoms with Gasteiger partial charge in [-0.15, -0.1) is 0 Å². The van der Waals surface area contributed by atoms with Crippen molar-refractivity contribution in [3.8, 4) is 5.75 Å². The number of rotatable bonds is 2. The Morgan fingerprint density at radius 1 is 1.12 bits per heavy atom. The fourth-order valence-electron chi connectivity index (χ4n) is 6.30. The lowest BCUT2D eigenvalue weighted by molar-refractivity contribution is -0.164. The number of ether oxygens (including phenoxy) is 2. The number of aliphatic hydroxyl groups is 1. The van der Waals surface area contributed by atoms with Crippen LogP contribution < -0.4 is 4.74 Å². The third-order valence-corrected chi connectivity index (χ3v) is 7.84. The second kappa shape index (κ2) is 5.46. The van der Waals surface area contributed by atoms with Crippen LogP contribution >= 0.6 is 0 Å². The number of hydrogen-bond acceptors (Lipinski definition) is 3. The van der Waals surface area contributed by atoms with Crippen molar-refractivity contribution in [1.29, 1.82) is 0 Å².